The Balaban J connectivity index is 1.09. The van der Waals surface area contributed by atoms with Gasteiger partial charge >= 0.3 is 0 Å². The zero-order valence-corrected chi connectivity index (χ0v) is 33.3. The number of hydrogen-bond acceptors (Lipinski definition) is 5. The number of anilines is 4. The molecule has 0 saturated heterocycles. The summed E-state index contributed by atoms with van der Waals surface area (Å²) in [5, 5.41) is 1.45. The summed E-state index contributed by atoms with van der Waals surface area (Å²) in [6, 6.07) is 61.0. The van der Waals surface area contributed by atoms with Crippen molar-refractivity contribution in [3.05, 3.63) is 205 Å². The predicted octanol–water partition coefficient (Wildman–Crippen LogP) is 14.9. The summed E-state index contributed by atoms with van der Waals surface area (Å²) in [6.45, 7) is -4.36. The monoisotopic (exact) mass is 806 g/mol. The van der Waals surface area contributed by atoms with Crippen molar-refractivity contribution in [2.75, 3.05) is 16.5 Å². The number of aromatic nitrogens is 2. The molecular formula is C56H40N4O2. The summed E-state index contributed by atoms with van der Waals surface area (Å²) in [5.74, 6) is 2.73. The average molecular weight is 807 g/mol. The van der Waals surface area contributed by atoms with Crippen LogP contribution in [-0.4, -0.2) is 16.2 Å². The van der Waals surface area contributed by atoms with Crippen LogP contribution in [0.25, 0.3) is 61.0 Å². The van der Waals surface area contributed by atoms with Crippen molar-refractivity contribution >= 4 is 44.6 Å². The highest BCUT2D eigenvalue weighted by Crippen LogP contribution is 2.52. The summed E-state index contributed by atoms with van der Waals surface area (Å²) in [7, 11) is 0. The number of nitrogens with zero attached hydrogens (tertiary/aromatic N) is 4. The average Bonchev–Trinajstić information content (AvgIpc) is 3.89. The molecule has 0 fully saturated rings. The van der Waals surface area contributed by atoms with E-state index in [0.717, 1.165) is 50.4 Å². The molecule has 10 aromatic rings. The van der Waals surface area contributed by atoms with E-state index < -0.39 is 13.7 Å². The summed E-state index contributed by atoms with van der Waals surface area (Å²) < 4.78 is 66.2. The fourth-order valence-electron chi connectivity index (χ4n) is 9.09. The van der Waals surface area contributed by atoms with Gasteiger partial charge in [0.15, 0.2) is 0 Å². The van der Waals surface area contributed by atoms with E-state index in [0.29, 0.717) is 63.0 Å². The van der Waals surface area contributed by atoms with Gasteiger partial charge in [-0.15, -0.1) is 0 Å². The molecule has 6 nitrogen and oxygen atoms in total. The van der Waals surface area contributed by atoms with Crippen molar-refractivity contribution in [3.8, 4) is 62.2 Å². The van der Waals surface area contributed by atoms with Crippen LogP contribution < -0.4 is 19.3 Å². The van der Waals surface area contributed by atoms with Gasteiger partial charge in [0.05, 0.1) is 28.1 Å². The molecule has 6 heterocycles. The third kappa shape index (κ3) is 5.91. The van der Waals surface area contributed by atoms with Crippen molar-refractivity contribution in [1.29, 1.82) is 0 Å². The summed E-state index contributed by atoms with van der Waals surface area (Å²) in [4.78, 5) is 9.58. The maximum Gasteiger partial charge on any atom is 0.137 e. The van der Waals surface area contributed by atoms with Crippen LogP contribution in [0.4, 0.5) is 22.7 Å². The number of aryl methyl sites for hydroxylation is 2. The van der Waals surface area contributed by atoms with E-state index in [1.807, 2.05) is 89.5 Å². The SMILES string of the molecule is [2H]C([2H])([2H])c1ccc2c(c1)c1ccc3cc1n2-c1cc(C([2H])([2H])[2H])c(cn1)-c1ccc(cc1)Oc1ccccc1-c1cccc(-c2ccccc2)c1N1CN(c2cccc(c2)O3)c2ccccc21. The second-order valence-corrected chi connectivity index (χ2v) is 15.6. The van der Waals surface area contributed by atoms with Gasteiger partial charge in [-0.1, -0.05) is 109 Å². The largest absolute Gasteiger partial charge is 0.457 e. The summed E-state index contributed by atoms with van der Waals surface area (Å²) in [5.41, 5.74) is 10.8. The molecule has 0 aliphatic carbocycles. The van der Waals surface area contributed by atoms with E-state index in [-0.39, 0.29) is 11.1 Å². The van der Waals surface area contributed by atoms with Gasteiger partial charge in [0.1, 0.15) is 35.5 Å². The standard InChI is InChI=1S/C56H40N4O2/c1-36-22-29-50-48(30-36)45-28-27-43-33-53(45)60(50)55-31-37(2)49(34-57-55)39-23-25-41(26-24-39)62-54-21-9-6-16-46(54)47-18-11-17-44(38-12-4-3-5-13-38)56(47)59-35-58(51-19-7-8-20-52(51)59)40-14-10-15-42(32-40)61-43/h3-34H,35H2,1-2H3/i1D3,2D3. The number of benzene rings is 8. The first-order valence-corrected chi connectivity index (χ1v) is 20.5. The number of fused-ring (bicyclic) bond motifs is 5. The molecule has 14 rings (SSSR count). The van der Waals surface area contributed by atoms with E-state index in [1.54, 1.807) is 30.5 Å². The van der Waals surface area contributed by atoms with Gasteiger partial charge in [0.25, 0.3) is 0 Å². The number of ether oxygens (including phenoxy) is 2. The van der Waals surface area contributed by atoms with Crippen molar-refractivity contribution in [2.45, 2.75) is 13.7 Å². The lowest BCUT2D eigenvalue weighted by Crippen LogP contribution is -2.25. The van der Waals surface area contributed by atoms with Gasteiger partial charge in [-0.2, -0.15) is 0 Å². The van der Waals surface area contributed by atoms with Crippen LogP contribution in [0.1, 0.15) is 19.4 Å². The molecule has 0 N–H and O–H groups in total. The van der Waals surface area contributed by atoms with Gasteiger partial charge in [-0.3, -0.25) is 4.57 Å². The molecule has 296 valence electrons. The molecule has 4 aliphatic heterocycles. The second-order valence-electron chi connectivity index (χ2n) is 15.6. The third-order valence-corrected chi connectivity index (χ3v) is 11.9. The normalized spacial score (nSPS) is 14.6. The van der Waals surface area contributed by atoms with E-state index in [9.17, 15) is 0 Å². The lowest BCUT2D eigenvalue weighted by Gasteiger charge is -2.28. The van der Waals surface area contributed by atoms with Crippen LogP contribution in [0.3, 0.4) is 0 Å². The quantitative estimate of drug-likeness (QED) is 0.165. The van der Waals surface area contributed by atoms with E-state index in [4.69, 9.17) is 22.7 Å². The van der Waals surface area contributed by atoms with E-state index >= 15 is 0 Å². The number of para-hydroxylation sites is 4. The fourth-order valence-corrected chi connectivity index (χ4v) is 9.09. The maximum atomic E-state index is 8.75. The molecule has 0 spiro atoms. The molecule has 0 saturated carbocycles. The molecule has 2 aromatic heterocycles. The Labute approximate surface area is 368 Å². The van der Waals surface area contributed by atoms with Crippen LogP contribution in [-0.2, 0) is 0 Å². The molecular weight excluding hydrogens is 761 g/mol. The topological polar surface area (TPSA) is 42.8 Å². The molecule has 0 amide bonds. The van der Waals surface area contributed by atoms with Gasteiger partial charge in [0, 0.05) is 65.3 Å². The van der Waals surface area contributed by atoms with Crippen molar-refractivity contribution < 1.29 is 17.7 Å². The second kappa shape index (κ2) is 14.3. The maximum absolute atomic E-state index is 8.75. The highest BCUT2D eigenvalue weighted by atomic mass is 16.5. The van der Waals surface area contributed by atoms with Crippen LogP contribution in [0.2, 0.25) is 0 Å². The highest BCUT2D eigenvalue weighted by molar-refractivity contribution is 6.10. The van der Waals surface area contributed by atoms with Gasteiger partial charge < -0.3 is 19.3 Å². The Morgan fingerprint density at radius 1 is 0.500 bits per heavy atom. The fraction of sp³-hybridized carbons (Fsp3) is 0.0536. The lowest BCUT2D eigenvalue weighted by molar-refractivity contribution is 0.483. The lowest BCUT2D eigenvalue weighted by atomic mass is 9.94. The zero-order valence-electron chi connectivity index (χ0n) is 39.3. The highest BCUT2D eigenvalue weighted by Gasteiger charge is 2.32. The van der Waals surface area contributed by atoms with Crippen LogP contribution >= 0.6 is 0 Å². The Kier molecular flexibility index (Phi) is 6.91. The molecule has 4 aliphatic rings. The van der Waals surface area contributed by atoms with Crippen LogP contribution in [0.5, 0.6) is 23.0 Å². The summed E-state index contributed by atoms with van der Waals surface area (Å²) >= 11 is 0. The van der Waals surface area contributed by atoms with Crippen molar-refractivity contribution in [3.63, 3.8) is 0 Å². The predicted molar refractivity (Wildman–Crippen MR) is 253 cm³/mol. The van der Waals surface area contributed by atoms with E-state index in [1.165, 1.54) is 0 Å². The minimum absolute atomic E-state index is 0.112. The van der Waals surface area contributed by atoms with Crippen LogP contribution in [0.15, 0.2) is 194 Å². The Hall–Kier alpha value is -8.09. The first-order chi connectivity index (χ1) is 33.0. The van der Waals surface area contributed by atoms with E-state index in [2.05, 4.69) is 88.7 Å². The Morgan fingerprint density at radius 3 is 2.11 bits per heavy atom. The zero-order chi connectivity index (χ0) is 46.3. The molecule has 0 unspecified atom stereocenters. The molecule has 0 atom stereocenters. The number of rotatable bonds is 1. The molecule has 10 bridgehead atoms. The first kappa shape index (κ1) is 30.0. The van der Waals surface area contributed by atoms with Crippen molar-refractivity contribution in [1.82, 2.24) is 9.55 Å². The number of pyridine rings is 1. The minimum atomic E-state index is -2.52. The van der Waals surface area contributed by atoms with Crippen LogP contribution in [0, 0.1) is 13.7 Å². The summed E-state index contributed by atoms with van der Waals surface area (Å²) in [6.07, 6.45) is 1.60. The van der Waals surface area contributed by atoms with Gasteiger partial charge in [-0.25, -0.2) is 4.98 Å². The smallest absolute Gasteiger partial charge is 0.137 e. The number of hydrogen-bond donors (Lipinski definition) is 0. The van der Waals surface area contributed by atoms with Crippen molar-refractivity contribution in [2.24, 2.45) is 0 Å². The molecule has 0 radical (unpaired) electrons. The molecule has 62 heavy (non-hydrogen) atoms. The third-order valence-electron chi connectivity index (χ3n) is 11.9. The molecule has 8 aromatic carbocycles. The van der Waals surface area contributed by atoms with Gasteiger partial charge in [0.2, 0.25) is 0 Å². The first-order valence-electron chi connectivity index (χ1n) is 23.5. The minimum Gasteiger partial charge on any atom is -0.457 e. The Bertz CT molecular complexity index is 3610. The Morgan fingerprint density at radius 2 is 1.24 bits per heavy atom. The van der Waals surface area contributed by atoms with Gasteiger partial charge in [-0.05, 0) is 103 Å². The molecule has 6 heteroatoms.